The van der Waals surface area contributed by atoms with Crippen molar-refractivity contribution in [3.63, 3.8) is 0 Å². The molecule has 0 fully saturated rings. The minimum absolute atomic E-state index is 0.0226. The average Bonchev–Trinajstić information content (AvgIpc) is 3.11. The Morgan fingerprint density at radius 3 is 2.30 bits per heavy atom. The summed E-state index contributed by atoms with van der Waals surface area (Å²) >= 11 is 0. The van der Waals surface area contributed by atoms with Gasteiger partial charge >= 0.3 is 0 Å². The minimum atomic E-state index is -3.71. The van der Waals surface area contributed by atoms with Gasteiger partial charge in [0.05, 0.1) is 17.4 Å². The molecular weight excluding hydrogens is 705 g/mol. The van der Waals surface area contributed by atoms with Crippen molar-refractivity contribution in [2.45, 2.75) is 89.3 Å². The van der Waals surface area contributed by atoms with E-state index in [9.17, 15) is 37.5 Å². The van der Waals surface area contributed by atoms with Gasteiger partial charge in [0.2, 0.25) is 27.7 Å². The highest BCUT2D eigenvalue weighted by molar-refractivity contribution is 7.89. The van der Waals surface area contributed by atoms with Crippen molar-refractivity contribution in [1.29, 1.82) is 0 Å². The van der Waals surface area contributed by atoms with E-state index in [0.717, 1.165) is 0 Å². The number of hydrogen-bond donors (Lipinski definition) is 6. The van der Waals surface area contributed by atoms with Crippen LogP contribution < -0.4 is 30.7 Å². The Bertz CT molecular complexity index is 1650. The Labute approximate surface area is 312 Å². The van der Waals surface area contributed by atoms with Crippen molar-refractivity contribution in [2.24, 2.45) is 5.92 Å². The molecule has 0 aromatic heterocycles. The maximum atomic E-state index is 13.6. The van der Waals surface area contributed by atoms with Crippen molar-refractivity contribution >= 4 is 39.6 Å². The Morgan fingerprint density at radius 1 is 0.925 bits per heavy atom. The molecule has 0 radical (unpaired) electrons. The fraction of sp³-hybridized carbons (Fsp3) is 0.541. The lowest BCUT2D eigenvalue weighted by atomic mass is 10.0. The van der Waals surface area contributed by atoms with E-state index >= 15 is 0 Å². The first-order valence-electron chi connectivity index (χ1n) is 18.1. The van der Waals surface area contributed by atoms with Crippen molar-refractivity contribution in [3.05, 3.63) is 59.7 Å². The molecular formula is C37H54N6O9S. The number of fused-ring (bicyclic) bond motifs is 2. The fourth-order valence-electron chi connectivity index (χ4n) is 5.58. The van der Waals surface area contributed by atoms with E-state index in [1.807, 2.05) is 20.8 Å². The molecule has 3 rings (SSSR count). The van der Waals surface area contributed by atoms with E-state index in [-0.39, 0.29) is 55.3 Å². The van der Waals surface area contributed by atoms with Crippen LogP contribution in [0.25, 0.3) is 0 Å². The maximum absolute atomic E-state index is 13.6. The van der Waals surface area contributed by atoms with Gasteiger partial charge in [-0.15, -0.1) is 0 Å². The number of benzene rings is 2. The van der Waals surface area contributed by atoms with Gasteiger partial charge in [0.25, 0.3) is 11.8 Å². The number of sulfonamides is 1. The van der Waals surface area contributed by atoms with Crippen LogP contribution in [0.4, 0.5) is 0 Å². The Morgan fingerprint density at radius 2 is 1.62 bits per heavy atom. The van der Waals surface area contributed by atoms with Crippen LogP contribution in [0, 0.1) is 5.92 Å². The number of aliphatic hydroxyl groups excluding tert-OH is 1. The molecule has 2 aromatic rings. The zero-order chi connectivity index (χ0) is 39.0. The Hall–Kier alpha value is -4.54. The van der Waals surface area contributed by atoms with Crippen LogP contribution in [-0.2, 0) is 35.6 Å². The maximum Gasteiger partial charge on any atom is 0.257 e. The highest BCUT2D eigenvalue weighted by Gasteiger charge is 2.30. The van der Waals surface area contributed by atoms with Crippen LogP contribution in [-0.4, -0.2) is 105 Å². The largest absolute Gasteiger partial charge is 0.484 e. The quantitative estimate of drug-likeness (QED) is 0.228. The van der Waals surface area contributed by atoms with Crippen molar-refractivity contribution in [2.75, 3.05) is 39.3 Å². The summed E-state index contributed by atoms with van der Waals surface area (Å²) in [5, 5.41) is 21.3. The van der Waals surface area contributed by atoms with Crippen LogP contribution in [0.15, 0.2) is 53.4 Å². The van der Waals surface area contributed by atoms with Gasteiger partial charge in [0, 0.05) is 38.3 Å². The topological polar surface area (TPSA) is 212 Å². The highest BCUT2D eigenvalue weighted by atomic mass is 32.2. The van der Waals surface area contributed by atoms with E-state index in [0.29, 0.717) is 62.1 Å². The summed E-state index contributed by atoms with van der Waals surface area (Å²) in [7, 11) is -3.71. The number of ether oxygens (including phenoxy) is 1. The summed E-state index contributed by atoms with van der Waals surface area (Å²) in [4.78, 5) is 67.3. The van der Waals surface area contributed by atoms with Gasteiger partial charge in [-0.25, -0.2) is 13.1 Å². The molecule has 15 nitrogen and oxygen atoms in total. The third-order valence-electron chi connectivity index (χ3n) is 8.38. The molecule has 1 heterocycles. The molecule has 0 unspecified atom stereocenters. The van der Waals surface area contributed by atoms with Gasteiger partial charge in [0.1, 0.15) is 17.8 Å². The van der Waals surface area contributed by atoms with Crippen molar-refractivity contribution < 1.29 is 42.2 Å². The molecule has 3 atom stereocenters. The number of nitrogens with zero attached hydrogens (tertiary/aromatic N) is 1. The van der Waals surface area contributed by atoms with Gasteiger partial charge in [-0.2, -0.15) is 0 Å². The normalized spacial score (nSPS) is 19.8. The number of carbonyl (C=O) groups excluding carboxylic acids is 5. The van der Waals surface area contributed by atoms with E-state index in [1.165, 1.54) is 31.2 Å². The Balaban J connectivity index is 1.78. The lowest BCUT2D eigenvalue weighted by Gasteiger charge is -2.26. The summed E-state index contributed by atoms with van der Waals surface area (Å²) in [6.45, 7) is 8.08. The summed E-state index contributed by atoms with van der Waals surface area (Å²) in [5.74, 6) is -1.93. The molecule has 0 spiro atoms. The van der Waals surface area contributed by atoms with E-state index in [1.54, 1.807) is 29.2 Å². The third kappa shape index (κ3) is 14.4. The first kappa shape index (κ1) is 42.9. The lowest BCUT2D eigenvalue weighted by molar-refractivity contribution is -0.134. The summed E-state index contributed by atoms with van der Waals surface area (Å²) in [6, 6.07) is 10.1. The number of amides is 5. The second-order valence-corrected chi connectivity index (χ2v) is 15.3. The minimum Gasteiger partial charge on any atom is -0.484 e. The van der Waals surface area contributed by atoms with Crippen molar-refractivity contribution in [1.82, 2.24) is 30.9 Å². The monoisotopic (exact) mass is 758 g/mol. The van der Waals surface area contributed by atoms with E-state index in [2.05, 4.69) is 26.0 Å². The highest BCUT2D eigenvalue weighted by Crippen LogP contribution is 2.16. The zero-order valence-electron chi connectivity index (χ0n) is 31.0. The molecule has 5 amide bonds. The van der Waals surface area contributed by atoms with Crippen LogP contribution in [0.3, 0.4) is 0 Å². The van der Waals surface area contributed by atoms with Gasteiger partial charge < -0.3 is 36.0 Å². The third-order valence-corrected chi connectivity index (χ3v) is 9.85. The molecule has 292 valence electrons. The van der Waals surface area contributed by atoms with E-state index in [4.69, 9.17) is 4.74 Å². The molecule has 0 saturated carbocycles. The van der Waals surface area contributed by atoms with Gasteiger partial charge in [-0.3, -0.25) is 24.0 Å². The molecule has 0 saturated heterocycles. The summed E-state index contributed by atoms with van der Waals surface area (Å²) < 4.78 is 33.2. The molecule has 2 aromatic carbocycles. The van der Waals surface area contributed by atoms with Gasteiger partial charge in [0.15, 0.2) is 6.61 Å². The lowest BCUT2D eigenvalue weighted by Crippen LogP contribution is -2.57. The number of nitrogens with one attached hydrogen (secondary N) is 5. The average molecular weight is 759 g/mol. The second kappa shape index (κ2) is 21.2. The first-order chi connectivity index (χ1) is 25.2. The SMILES string of the molecule is CCCNS(=O)(=O)c1ccc(C(=O)N2CCCCNC(=O)[C@H]([C@@H](C)O)NC(=O)[C@@H](CC(C)C)NC(=O)Cc3cccc(c3)OCC(=O)NCCC2)cc1. The predicted molar refractivity (Wildman–Crippen MR) is 198 cm³/mol. The zero-order valence-corrected chi connectivity index (χ0v) is 31.8. The number of aliphatic hydroxyl groups is 1. The summed E-state index contributed by atoms with van der Waals surface area (Å²) in [5.41, 5.74) is 0.886. The van der Waals surface area contributed by atoms with Gasteiger partial charge in [-0.05, 0) is 86.9 Å². The number of carbonyl (C=O) groups is 5. The van der Waals surface area contributed by atoms with Crippen molar-refractivity contribution in [3.8, 4) is 5.75 Å². The fourth-order valence-corrected chi connectivity index (χ4v) is 6.71. The van der Waals surface area contributed by atoms with Crippen LogP contribution in [0.1, 0.15) is 75.7 Å². The number of hydrogen-bond acceptors (Lipinski definition) is 9. The summed E-state index contributed by atoms with van der Waals surface area (Å²) in [6.07, 6.45) is 0.975. The molecule has 1 aliphatic rings. The van der Waals surface area contributed by atoms with Crippen LogP contribution in [0.5, 0.6) is 5.75 Å². The standard InChI is InChI=1S/C37H54N6O9S/c1-5-16-40-53(50,51)30-14-12-28(13-15-30)37(49)43-19-7-6-17-39-36(48)34(26(4)44)42-35(47)31(21-25(2)3)41-32(45)23-27-10-8-11-29(22-27)52-24-33(46)38-18-9-20-43/h8,10-15,22,25-26,31,34,40,44H,5-7,9,16-21,23-24H2,1-4H3,(H,38,46)(H,39,48)(H,41,45)(H,42,47)/t26-,31-,34+/m1/s1. The molecule has 2 bridgehead atoms. The molecule has 6 N–H and O–H groups in total. The Kier molecular flexibility index (Phi) is 17.2. The predicted octanol–water partition coefficient (Wildman–Crippen LogP) is 1.25. The van der Waals surface area contributed by atoms with Crippen LogP contribution >= 0.6 is 0 Å². The molecule has 16 heteroatoms. The van der Waals surface area contributed by atoms with E-state index < -0.39 is 45.9 Å². The van der Waals surface area contributed by atoms with Crippen LogP contribution in [0.2, 0.25) is 0 Å². The molecule has 53 heavy (non-hydrogen) atoms. The number of rotatable bonds is 8. The molecule has 0 aliphatic carbocycles. The smallest absolute Gasteiger partial charge is 0.257 e. The first-order valence-corrected chi connectivity index (χ1v) is 19.6. The molecule has 1 aliphatic heterocycles. The van der Waals surface area contributed by atoms with Gasteiger partial charge in [-0.1, -0.05) is 32.9 Å². The second-order valence-electron chi connectivity index (χ2n) is 13.5.